The fourth-order valence-electron chi connectivity index (χ4n) is 3.78. The van der Waals surface area contributed by atoms with Gasteiger partial charge in [0.1, 0.15) is 5.01 Å². The number of hydrogen-bond donors (Lipinski definition) is 1. The van der Waals surface area contributed by atoms with Gasteiger partial charge in [-0.3, -0.25) is 14.4 Å². The van der Waals surface area contributed by atoms with Crippen LogP contribution >= 0.6 is 11.3 Å². The number of nitrogens with one attached hydrogen (secondary N) is 1. The van der Waals surface area contributed by atoms with Crippen LogP contribution in [-0.2, 0) is 6.54 Å². The zero-order valence-electron chi connectivity index (χ0n) is 17.7. The van der Waals surface area contributed by atoms with Crippen LogP contribution in [0.5, 0.6) is 0 Å². The van der Waals surface area contributed by atoms with E-state index in [0.717, 1.165) is 26.7 Å². The lowest BCUT2D eigenvalue weighted by molar-refractivity contribution is 0.0923. The van der Waals surface area contributed by atoms with E-state index in [1.807, 2.05) is 36.6 Å². The van der Waals surface area contributed by atoms with E-state index in [9.17, 15) is 14.4 Å². The number of benzene rings is 3. The number of carbonyl (C=O) groups excluding carboxylic acids is 3. The minimum atomic E-state index is -0.360. The van der Waals surface area contributed by atoms with Crippen LogP contribution < -0.4 is 10.2 Å². The van der Waals surface area contributed by atoms with Crippen molar-refractivity contribution in [1.82, 2.24) is 10.3 Å². The molecule has 0 aliphatic carbocycles. The van der Waals surface area contributed by atoms with Crippen molar-refractivity contribution in [3.63, 3.8) is 0 Å². The quantitative estimate of drug-likeness (QED) is 0.438. The summed E-state index contributed by atoms with van der Waals surface area (Å²) < 4.78 is 0. The van der Waals surface area contributed by atoms with Gasteiger partial charge in [-0.2, -0.15) is 0 Å². The molecule has 5 rings (SSSR count). The standard InChI is InChI=1S/C26H19N3O3S/c1-16-6-2-3-7-20(16)24-28-18(15-33-24)14-27-23(30)17-10-12-19(13-11-17)29-25(31)21-8-4-5-9-22(21)26(29)32/h2-13,15H,14H2,1H3,(H,27,30). The van der Waals surface area contributed by atoms with Gasteiger partial charge < -0.3 is 5.32 Å². The maximum absolute atomic E-state index is 12.6. The minimum absolute atomic E-state index is 0.255. The van der Waals surface area contributed by atoms with Crippen molar-refractivity contribution >= 4 is 34.7 Å². The van der Waals surface area contributed by atoms with Crippen LogP contribution in [0.15, 0.2) is 78.2 Å². The third kappa shape index (κ3) is 3.83. The molecule has 0 unspecified atom stereocenters. The van der Waals surface area contributed by atoms with E-state index in [0.29, 0.717) is 28.9 Å². The lowest BCUT2D eigenvalue weighted by atomic mass is 10.1. The maximum atomic E-state index is 12.6. The number of thiazole rings is 1. The van der Waals surface area contributed by atoms with Crippen LogP contribution in [0.2, 0.25) is 0 Å². The van der Waals surface area contributed by atoms with Gasteiger partial charge >= 0.3 is 0 Å². The second kappa shape index (κ2) is 8.44. The summed E-state index contributed by atoms with van der Waals surface area (Å²) in [5.41, 5.74) is 4.67. The predicted molar refractivity (Wildman–Crippen MR) is 127 cm³/mol. The number of imide groups is 1. The Morgan fingerprint density at radius 2 is 1.48 bits per heavy atom. The maximum Gasteiger partial charge on any atom is 0.266 e. The average molecular weight is 454 g/mol. The zero-order chi connectivity index (χ0) is 22.9. The lowest BCUT2D eigenvalue weighted by Crippen LogP contribution is -2.29. The first-order chi connectivity index (χ1) is 16.0. The highest BCUT2D eigenvalue weighted by atomic mass is 32.1. The van der Waals surface area contributed by atoms with Gasteiger partial charge in [0, 0.05) is 16.5 Å². The summed E-state index contributed by atoms with van der Waals surface area (Å²) in [4.78, 5) is 43.6. The molecule has 33 heavy (non-hydrogen) atoms. The molecule has 162 valence electrons. The van der Waals surface area contributed by atoms with Gasteiger partial charge in [-0.25, -0.2) is 9.88 Å². The van der Waals surface area contributed by atoms with Gasteiger partial charge in [0.15, 0.2) is 0 Å². The van der Waals surface area contributed by atoms with Gasteiger partial charge in [-0.05, 0) is 48.9 Å². The van der Waals surface area contributed by atoms with E-state index in [4.69, 9.17) is 0 Å². The Labute approximate surface area is 194 Å². The summed E-state index contributed by atoms with van der Waals surface area (Å²) >= 11 is 1.54. The first-order valence-electron chi connectivity index (χ1n) is 10.4. The summed E-state index contributed by atoms with van der Waals surface area (Å²) in [5, 5.41) is 5.73. The lowest BCUT2D eigenvalue weighted by Gasteiger charge is -2.14. The Kier molecular flexibility index (Phi) is 5.32. The molecule has 7 heteroatoms. The van der Waals surface area contributed by atoms with Crippen molar-refractivity contribution in [3.05, 3.63) is 106 Å². The Morgan fingerprint density at radius 3 is 2.12 bits per heavy atom. The predicted octanol–water partition coefficient (Wildman–Crippen LogP) is 4.85. The molecule has 2 heterocycles. The third-order valence-electron chi connectivity index (χ3n) is 5.54. The summed E-state index contributed by atoms with van der Waals surface area (Å²) in [5.74, 6) is -0.976. The highest BCUT2D eigenvalue weighted by Crippen LogP contribution is 2.29. The smallest absolute Gasteiger partial charge is 0.266 e. The van der Waals surface area contributed by atoms with Crippen molar-refractivity contribution in [3.8, 4) is 10.6 Å². The van der Waals surface area contributed by atoms with Crippen LogP contribution in [0.25, 0.3) is 10.6 Å². The SMILES string of the molecule is Cc1ccccc1-c1nc(CNC(=O)c2ccc(N3C(=O)c4ccccc4C3=O)cc2)cs1. The normalized spacial score (nSPS) is 12.7. The molecule has 0 spiro atoms. The fourth-order valence-corrected chi connectivity index (χ4v) is 4.69. The first-order valence-corrected chi connectivity index (χ1v) is 11.3. The van der Waals surface area contributed by atoms with E-state index >= 15 is 0 Å². The van der Waals surface area contributed by atoms with Crippen LogP contribution in [0, 0.1) is 6.92 Å². The van der Waals surface area contributed by atoms with Crippen LogP contribution in [-0.4, -0.2) is 22.7 Å². The number of hydrogen-bond acceptors (Lipinski definition) is 5. The highest BCUT2D eigenvalue weighted by Gasteiger charge is 2.36. The summed E-state index contributed by atoms with van der Waals surface area (Å²) in [6, 6.07) is 21.2. The molecule has 6 nitrogen and oxygen atoms in total. The van der Waals surface area contributed by atoms with Gasteiger partial charge in [0.2, 0.25) is 0 Å². The number of aromatic nitrogens is 1. The van der Waals surface area contributed by atoms with E-state index in [1.165, 1.54) is 0 Å². The van der Waals surface area contributed by atoms with Gasteiger partial charge in [-0.1, -0.05) is 36.4 Å². The Morgan fingerprint density at radius 1 is 0.879 bits per heavy atom. The molecule has 0 bridgehead atoms. The largest absolute Gasteiger partial charge is 0.346 e. The molecule has 0 atom stereocenters. The second-order valence-electron chi connectivity index (χ2n) is 7.68. The fraction of sp³-hybridized carbons (Fsp3) is 0.0769. The van der Waals surface area contributed by atoms with E-state index in [-0.39, 0.29) is 17.7 Å². The molecule has 0 saturated heterocycles. The topological polar surface area (TPSA) is 79.4 Å². The Balaban J connectivity index is 1.25. The molecule has 1 N–H and O–H groups in total. The molecular formula is C26H19N3O3S. The number of nitrogens with zero attached hydrogens (tertiary/aromatic N) is 2. The van der Waals surface area contributed by atoms with Crippen molar-refractivity contribution in [2.75, 3.05) is 4.90 Å². The van der Waals surface area contributed by atoms with E-state index < -0.39 is 0 Å². The molecule has 1 aromatic heterocycles. The summed E-state index contributed by atoms with van der Waals surface area (Å²) in [7, 11) is 0. The van der Waals surface area contributed by atoms with Crippen molar-refractivity contribution in [1.29, 1.82) is 0 Å². The summed E-state index contributed by atoms with van der Waals surface area (Å²) in [6.45, 7) is 2.35. The third-order valence-corrected chi connectivity index (χ3v) is 6.46. The molecule has 3 amide bonds. The van der Waals surface area contributed by atoms with E-state index in [2.05, 4.69) is 10.3 Å². The zero-order valence-corrected chi connectivity index (χ0v) is 18.6. The molecule has 0 radical (unpaired) electrons. The minimum Gasteiger partial charge on any atom is -0.346 e. The Hall–Kier alpha value is -4.10. The van der Waals surface area contributed by atoms with Crippen LogP contribution in [0.4, 0.5) is 5.69 Å². The van der Waals surface area contributed by atoms with Crippen molar-refractivity contribution < 1.29 is 14.4 Å². The molecular weight excluding hydrogens is 434 g/mol. The monoisotopic (exact) mass is 453 g/mol. The highest BCUT2D eigenvalue weighted by molar-refractivity contribution is 7.13. The van der Waals surface area contributed by atoms with Crippen molar-refractivity contribution in [2.24, 2.45) is 0 Å². The van der Waals surface area contributed by atoms with Crippen LogP contribution in [0.3, 0.4) is 0 Å². The molecule has 0 fully saturated rings. The number of rotatable bonds is 5. The number of amides is 3. The van der Waals surface area contributed by atoms with Gasteiger partial charge in [0.05, 0.1) is 29.1 Å². The molecule has 1 aliphatic rings. The average Bonchev–Trinajstić information content (AvgIpc) is 3.41. The molecule has 3 aromatic carbocycles. The molecule has 1 aliphatic heterocycles. The van der Waals surface area contributed by atoms with Gasteiger partial charge in [-0.15, -0.1) is 11.3 Å². The molecule has 4 aromatic rings. The number of carbonyl (C=O) groups is 3. The van der Waals surface area contributed by atoms with E-state index in [1.54, 1.807) is 59.9 Å². The van der Waals surface area contributed by atoms with Crippen LogP contribution in [0.1, 0.15) is 42.3 Å². The number of anilines is 1. The Bertz CT molecular complexity index is 1360. The first kappa shape index (κ1) is 20.8. The number of aryl methyl sites for hydroxylation is 1. The second-order valence-corrected chi connectivity index (χ2v) is 8.54. The summed E-state index contributed by atoms with van der Waals surface area (Å²) in [6.07, 6.45) is 0. The van der Waals surface area contributed by atoms with Gasteiger partial charge in [0.25, 0.3) is 17.7 Å². The van der Waals surface area contributed by atoms with Crippen molar-refractivity contribution in [2.45, 2.75) is 13.5 Å². The molecule has 0 saturated carbocycles. The number of fused-ring (bicyclic) bond motifs is 1.